The van der Waals surface area contributed by atoms with E-state index in [-0.39, 0.29) is 34.9 Å². The van der Waals surface area contributed by atoms with Gasteiger partial charge in [0.1, 0.15) is 0 Å². The maximum Gasteiger partial charge on any atom is 0.263 e. The molecule has 2 aliphatic rings. The Morgan fingerprint density at radius 2 is 1.82 bits per heavy atom. The summed E-state index contributed by atoms with van der Waals surface area (Å²) in [5.41, 5.74) is -0.327. The van der Waals surface area contributed by atoms with Crippen LogP contribution in [0.25, 0.3) is 0 Å². The molecule has 1 N–H and O–H groups in total. The van der Waals surface area contributed by atoms with Gasteiger partial charge in [-0.25, -0.2) is 17.8 Å². The second-order valence-electron chi connectivity index (χ2n) is 9.25. The quantitative estimate of drug-likeness (QED) is 0.656. The molecule has 2 bridgehead atoms. The van der Waals surface area contributed by atoms with Crippen LogP contribution in [0.4, 0.5) is 10.1 Å². The molecule has 3 heterocycles. The first-order valence-corrected chi connectivity index (χ1v) is 13.1. The first-order valence-electron chi connectivity index (χ1n) is 10.8. The molecule has 178 valence electrons. The van der Waals surface area contributed by atoms with Gasteiger partial charge in [-0.05, 0) is 69.9 Å². The van der Waals surface area contributed by atoms with Gasteiger partial charge in [0.15, 0.2) is 21.3 Å². The van der Waals surface area contributed by atoms with E-state index < -0.39 is 21.3 Å². The minimum Gasteiger partial charge on any atom is -0.459 e. The molecule has 4 rings (SSSR count). The number of amides is 1. The number of anilines is 1. The number of benzene rings is 1. The number of carbonyl (C=O) groups excluding carboxylic acids is 1. The van der Waals surface area contributed by atoms with E-state index in [4.69, 9.17) is 16.3 Å². The predicted molar refractivity (Wildman–Crippen MR) is 124 cm³/mol. The molecule has 0 saturated carbocycles. The number of aromatic nitrogens is 1. The summed E-state index contributed by atoms with van der Waals surface area (Å²) in [6.45, 7) is 3.15. The molecule has 2 unspecified atom stereocenters. The van der Waals surface area contributed by atoms with Crippen molar-refractivity contribution >= 4 is 33.0 Å². The van der Waals surface area contributed by atoms with Crippen molar-refractivity contribution in [1.82, 2.24) is 10.3 Å². The number of nitrogens with one attached hydrogen (secondary N) is 1. The Bertz CT molecular complexity index is 1140. The number of ether oxygens (including phenoxy) is 1. The van der Waals surface area contributed by atoms with Gasteiger partial charge < -0.3 is 15.0 Å². The fourth-order valence-electron chi connectivity index (χ4n) is 4.71. The molecule has 1 amide bonds. The molecule has 2 atom stereocenters. The molecule has 33 heavy (non-hydrogen) atoms. The van der Waals surface area contributed by atoms with Crippen molar-refractivity contribution in [2.24, 2.45) is 0 Å². The third kappa shape index (κ3) is 5.09. The van der Waals surface area contributed by atoms with Gasteiger partial charge in [-0.3, -0.25) is 4.79 Å². The van der Waals surface area contributed by atoms with Gasteiger partial charge in [0.25, 0.3) is 11.8 Å². The molecule has 2 aromatic rings. The Kier molecular flexibility index (Phi) is 6.30. The lowest BCUT2D eigenvalue weighted by molar-refractivity contribution is -0.135. The van der Waals surface area contributed by atoms with E-state index in [0.29, 0.717) is 4.90 Å². The Morgan fingerprint density at radius 3 is 2.36 bits per heavy atom. The number of rotatable bonds is 6. The zero-order valence-electron chi connectivity index (χ0n) is 18.7. The lowest BCUT2D eigenvalue weighted by Crippen LogP contribution is -2.55. The smallest absolute Gasteiger partial charge is 0.263 e. The Morgan fingerprint density at radius 1 is 1.21 bits per heavy atom. The number of nitrogens with zero attached hydrogens (tertiary/aromatic N) is 2. The van der Waals surface area contributed by atoms with Crippen LogP contribution < -0.4 is 15.0 Å². The van der Waals surface area contributed by atoms with E-state index in [0.717, 1.165) is 37.4 Å². The van der Waals surface area contributed by atoms with Gasteiger partial charge >= 0.3 is 0 Å². The molecule has 10 heteroatoms. The van der Waals surface area contributed by atoms with Crippen LogP contribution in [0.15, 0.2) is 41.4 Å². The molecule has 7 nitrogen and oxygen atoms in total. The normalized spacial score (nSPS) is 22.8. The molecule has 0 spiro atoms. The molecule has 2 saturated heterocycles. The summed E-state index contributed by atoms with van der Waals surface area (Å²) < 4.78 is 43.1. The monoisotopic (exact) mass is 495 g/mol. The Balaban J connectivity index is 1.41. The topological polar surface area (TPSA) is 88.6 Å². The number of pyridine rings is 1. The number of halogens is 2. The fraction of sp³-hybridized carbons (Fsp3) is 0.478. The highest BCUT2D eigenvalue weighted by Gasteiger charge is 2.43. The predicted octanol–water partition coefficient (Wildman–Crippen LogP) is 3.75. The van der Waals surface area contributed by atoms with Crippen LogP contribution in [-0.4, -0.2) is 49.3 Å². The number of piperidine rings is 1. The van der Waals surface area contributed by atoms with E-state index in [1.54, 1.807) is 26.0 Å². The number of hydrogen-bond donors (Lipinski definition) is 1. The Hall–Kier alpha value is -2.39. The van der Waals surface area contributed by atoms with Gasteiger partial charge in [-0.1, -0.05) is 11.6 Å². The van der Waals surface area contributed by atoms with Crippen molar-refractivity contribution in [3.8, 4) is 5.88 Å². The van der Waals surface area contributed by atoms with Crippen molar-refractivity contribution < 1.29 is 22.3 Å². The first-order chi connectivity index (χ1) is 15.4. The fourth-order valence-corrected chi connectivity index (χ4v) is 5.48. The van der Waals surface area contributed by atoms with Crippen LogP contribution in [-0.2, 0) is 14.6 Å². The average Bonchev–Trinajstić information content (AvgIpc) is 3.00. The highest BCUT2D eigenvalue weighted by Crippen LogP contribution is 2.39. The van der Waals surface area contributed by atoms with Gasteiger partial charge in [-0.2, -0.15) is 0 Å². The van der Waals surface area contributed by atoms with Crippen LogP contribution in [0, 0.1) is 5.82 Å². The Labute approximate surface area is 198 Å². The zero-order valence-corrected chi connectivity index (χ0v) is 20.3. The average molecular weight is 496 g/mol. The van der Waals surface area contributed by atoms with Crippen molar-refractivity contribution in [2.75, 3.05) is 11.2 Å². The third-order valence-electron chi connectivity index (χ3n) is 6.30. The molecule has 2 aliphatic heterocycles. The summed E-state index contributed by atoms with van der Waals surface area (Å²) in [5.74, 6) is -1.34. The highest BCUT2D eigenvalue weighted by atomic mass is 35.5. The van der Waals surface area contributed by atoms with Crippen molar-refractivity contribution in [1.29, 1.82) is 0 Å². The number of fused-ring (bicyclic) bond motifs is 2. The summed E-state index contributed by atoms with van der Waals surface area (Å²) in [5, 5.41) is 3.21. The summed E-state index contributed by atoms with van der Waals surface area (Å²) in [6, 6.07) is 8.54. The van der Waals surface area contributed by atoms with Crippen molar-refractivity contribution in [3.05, 3.63) is 47.4 Å². The largest absolute Gasteiger partial charge is 0.459 e. The number of carbonyl (C=O) groups is 1. The lowest BCUT2D eigenvalue weighted by atomic mass is 9.95. The second-order valence-corrected chi connectivity index (χ2v) is 11.7. The molecular formula is C23H27ClFN3O4S. The first kappa shape index (κ1) is 23.8. The molecule has 0 radical (unpaired) electrons. The van der Waals surface area contributed by atoms with Crippen LogP contribution in [0.5, 0.6) is 5.88 Å². The number of sulfone groups is 1. The van der Waals surface area contributed by atoms with Gasteiger partial charge in [0, 0.05) is 36.3 Å². The second kappa shape index (κ2) is 8.76. The zero-order chi connectivity index (χ0) is 24.0. The van der Waals surface area contributed by atoms with E-state index >= 15 is 0 Å². The van der Waals surface area contributed by atoms with E-state index in [2.05, 4.69) is 15.2 Å². The standard InChI is InChI=1S/C23H27ClFN3O4S/c1-23(2,32-21-20(25)10-14(24)13-26-21)22(29)27-15-11-17-4-5-18(12-15)28(17)16-6-8-19(9-7-16)33(3,30)31/h6-10,13,15,17-18H,4-5,11-12H2,1-3H3,(H,27,29). The molecular weight excluding hydrogens is 469 g/mol. The molecule has 2 fully saturated rings. The summed E-state index contributed by atoms with van der Waals surface area (Å²) in [7, 11) is -3.24. The van der Waals surface area contributed by atoms with Gasteiger partial charge in [0.2, 0.25) is 0 Å². The van der Waals surface area contributed by atoms with Gasteiger partial charge in [-0.15, -0.1) is 0 Å². The molecule has 0 aliphatic carbocycles. The van der Waals surface area contributed by atoms with Crippen molar-refractivity contribution in [3.63, 3.8) is 0 Å². The molecule has 1 aromatic carbocycles. The maximum absolute atomic E-state index is 14.1. The summed E-state index contributed by atoms with van der Waals surface area (Å²) in [4.78, 5) is 19.4. The lowest BCUT2D eigenvalue weighted by Gasteiger charge is -2.41. The third-order valence-corrected chi connectivity index (χ3v) is 7.64. The van der Waals surface area contributed by atoms with E-state index in [1.807, 2.05) is 12.1 Å². The minimum atomic E-state index is -3.24. The SMILES string of the molecule is CC(C)(Oc1ncc(Cl)cc1F)C(=O)NC1CC2CCC(C1)N2c1ccc(S(C)(=O)=O)cc1. The van der Waals surface area contributed by atoms with Crippen molar-refractivity contribution in [2.45, 2.75) is 68.2 Å². The summed E-state index contributed by atoms with van der Waals surface area (Å²) in [6.07, 6.45) is 6.00. The van der Waals surface area contributed by atoms with Crippen LogP contribution in [0.1, 0.15) is 39.5 Å². The van der Waals surface area contributed by atoms with E-state index in [9.17, 15) is 17.6 Å². The maximum atomic E-state index is 14.1. The van der Waals surface area contributed by atoms with Crippen LogP contribution in [0.2, 0.25) is 5.02 Å². The van der Waals surface area contributed by atoms with Crippen LogP contribution >= 0.6 is 11.6 Å². The van der Waals surface area contributed by atoms with Crippen LogP contribution in [0.3, 0.4) is 0 Å². The van der Waals surface area contributed by atoms with E-state index in [1.165, 1.54) is 12.5 Å². The molecule has 1 aromatic heterocycles. The number of hydrogen-bond acceptors (Lipinski definition) is 6. The highest BCUT2D eigenvalue weighted by molar-refractivity contribution is 7.90. The summed E-state index contributed by atoms with van der Waals surface area (Å²) >= 11 is 5.73. The van der Waals surface area contributed by atoms with Gasteiger partial charge in [0.05, 0.1) is 9.92 Å². The minimum absolute atomic E-state index is 0.0348.